The molecule has 0 saturated heterocycles. The van der Waals surface area contributed by atoms with Crippen molar-refractivity contribution in [1.82, 2.24) is 0 Å². The molecule has 0 radical (unpaired) electrons. The molecule has 0 fully saturated rings. The second kappa shape index (κ2) is 4.40. The van der Waals surface area contributed by atoms with Gasteiger partial charge in [0.1, 0.15) is 0 Å². The molecule has 0 aliphatic heterocycles. The lowest BCUT2D eigenvalue weighted by molar-refractivity contribution is 0.551. The lowest BCUT2D eigenvalue weighted by Crippen LogP contribution is -2.17. The van der Waals surface area contributed by atoms with Crippen LogP contribution in [0.4, 0.5) is 0 Å². The van der Waals surface area contributed by atoms with Gasteiger partial charge in [0.15, 0.2) is 0 Å². The minimum atomic E-state index is 0.310. The molecule has 0 bridgehead atoms. The van der Waals surface area contributed by atoms with E-state index in [1.54, 1.807) is 15.6 Å². The van der Waals surface area contributed by atoms with Crippen LogP contribution in [0.25, 0.3) is 0 Å². The smallest absolute Gasteiger partial charge is 0.00177 e. The fraction of sp³-hybridized carbons (Fsp3) is 0.800. The molecule has 0 amide bonds. The van der Waals surface area contributed by atoms with Gasteiger partial charge in [-0.2, -0.15) is 0 Å². The zero-order valence-electron chi connectivity index (χ0n) is 12.9. The van der Waals surface area contributed by atoms with E-state index in [4.69, 9.17) is 0 Å². The third-order valence-corrected chi connectivity index (χ3v) is 8.01. The maximum atomic E-state index is 2.36. The molecule has 0 aromatic carbocycles. The Balaban J connectivity index is 3.44. The maximum absolute atomic E-state index is 2.36. The van der Waals surface area contributed by atoms with Crippen LogP contribution in [0.3, 0.4) is 0 Å². The second-order valence-corrected chi connectivity index (χ2v) is 10.8. The van der Waals surface area contributed by atoms with Crippen molar-refractivity contribution in [2.24, 2.45) is 0 Å². The van der Waals surface area contributed by atoms with E-state index < -0.39 is 0 Å². The first-order chi connectivity index (χ1) is 7.33. The second-order valence-electron chi connectivity index (χ2n) is 8.06. The molecule has 1 aromatic heterocycles. The van der Waals surface area contributed by atoms with E-state index in [1.165, 1.54) is 8.19 Å². The Morgan fingerprint density at radius 3 is 1.41 bits per heavy atom. The third kappa shape index (κ3) is 3.59. The first-order valence-corrected chi connectivity index (χ1v) is 8.34. The molecule has 17 heavy (non-hydrogen) atoms. The van der Waals surface area contributed by atoms with Gasteiger partial charge >= 0.3 is 0 Å². The summed E-state index contributed by atoms with van der Waals surface area (Å²) in [5.41, 5.74) is 0.981. The number of rotatable bonds is 0. The first-order valence-electron chi connectivity index (χ1n) is 6.45. The average molecular weight is 270 g/mol. The maximum Gasteiger partial charge on any atom is 0.00177 e. The van der Waals surface area contributed by atoms with E-state index in [-0.39, 0.29) is 0 Å². The third-order valence-electron chi connectivity index (χ3n) is 2.87. The van der Waals surface area contributed by atoms with Crippen molar-refractivity contribution in [2.75, 3.05) is 0 Å². The predicted molar refractivity (Wildman–Crippen MR) is 84.6 cm³/mol. The van der Waals surface area contributed by atoms with Gasteiger partial charge in [0.25, 0.3) is 0 Å². The van der Waals surface area contributed by atoms with Crippen LogP contribution >= 0.6 is 16.4 Å². The topological polar surface area (TPSA) is 0 Å². The summed E-state index contributed by atoms with van der Waals surface area (Å²) in [4.78, 5) is 0. The van der Waals surface area contributed by atoms with Gasteiger partial charge in [0, 0.05) is 5.03 Å². The van der Waals surface area contributed by atoms with E-state index in [0.29, 0.717) is 16.2 Å². The zero-order chi connectivity index (χ0) is 13.6. The van der Waals surface area contributed by atoms with E-state index in [0.717, 1.165) is 8.19 Å². The van der Waals surface area contributed by atoms with Gasteiger partial charge in [-0.05, 0) is 26.8 Å². The molecule has 0 aliphatic rings. The van der Waals surface area contributed by atoms with Crippen LogP contribution in [-0.2, 0) is 16.2 Å². The molecule has 1 aromatic rings. The average Bonchev–Trinajstić information content (AvgIpc) is 2.42. The Kier molecular flexibility index (Phi) is 3.95. The van der Waals surface area contributed by atoms with Gasteiger partial charge in [-0.1, -0.05) is 70.5 Å². The van der Waals surface area contributed by atoms with Crippen molar-refractivity contribution in [3.8, 4) is 0 Å². The molecule has 0 N–H and O–H groups in total. The van der Waals surface area contributed by atoms with Gasteiger partial charge in [-0.15, -0.1) is 8.19 Å². The molecule has 1 unspecified atom stereocenters. The lowest BCUT2D eigenvalue weighted by Gasteiger charge is -2.26. The van der Waals surface area contributed by atoms with Crippen LogP contribution in [0.15, 0.2) is 0 Å². The summed E-state index contributed by atoms with van der Waals surface area (Å²) >= 11 is 0. The Labute approximate surface area is 111 Å². The molecule has 0 spiro atoms. The SMILES string of the molecule is CC(C)(C)c1pc(C(C)(C)C)c(C(C)(C)C)[pH]1. The summed E-state index contributed by atoms with van der Waals surface area (Å²) in [5.74, 6) is 0. The molecule has 1 heterocycles. The van der Waals surface area contributed by atoms with Crippen molar-refractivity contribution < 1.29 is 0 Å². The monoisotopic (exact) mass is 270 g/mol. The Morgan fingerprint density at radius 2 is 1.18 bits per heavy atom. The fourth-order valence-corrected chi connectivity index (χ4v) is 5.87. The van der Waals surface area contributed by atoms with Crippen molar-refractivity contribution in [3.05, 3.63) is 15.6 Å². The molecular weight excluding hydrogens is 242 g/mol. The van der Waals surface area contributed by atoms with E-state index >= 15 is 0 Å². The Hall–Kier alpha value is 0.210. The van der Waals surface area contributed by atoms with Crippen LogP contribution in [0.5, 0.6) is 0 Å². The van der Waals surface area contributed by atoms with E-state index in [1.807, 2.05) is 0 Å². The van der Waals surface area contributed by atoms with Gasteiger partial charge in [-0.25, -0.2) is 0 Å². The van der Waals surface area contributed by atoms with Gasteiger partial charge in [0.05, 0.1) is 0 Å². The van der Waals surface area contributed by atoms with E-state index in [2.05, 4.69) is 62.3 Å². The molecule has 0 nitrogen and oxygen atoms in total. The standard InChI is InChI=1S/C15H28P2/c1-13(2,3)10-11(14(4,5)6)17-12(16-10)15(7,8)9/h16H,1-9H3. The minimum Gasteiger partial charge on any atom is -0.127 e. The lowest BCUT2D eigenvalue weighted by atomic mass is 9.86. The van der Waals surface area contributed by atoms with E-state index in [9.17, 15) is 0 Å². The van der Waals surface area contributed by atoms with Gasteiger partial charge in [-0.3, -0.25) is 0 Å². The number of hydrogen-bond acceptors (Lipinski definition) is 0. The van der Waals surface area contributed by atoms with Crippen molar-refractivity contribution in [2.45, 2.75) is 78.6 Å². The molecular formula is C15H28P2. The van der Waals surface area contributed by atoms with Crippen LogP contribution in [-0.4, -0.2) is 0 Å². The minimum absolute atomic E-state index is 0.310. The molecule has 1 rings (SSSR count). The molecule has 0 saturated carbocycles. The predicted octanol–water partition coefficient (Wildman–Crippen LogP) is 6.19. The van der Waals surface area contributed by atoms with Gasteiger partial charge < -0.3 is 0 Å². The van der Waals surface area contributed by atoms with Crippen LogP contribution in [0.1, 0.15) is 77.9 Å². The quantitative estimate of drug-likeness (QED) is 0.527. The van der Waals surface area contributed by atoms with Crippen LogP contribution in [0, 0.1) is 0 Å². The summed E-state index contributed by atoms with van der Waals surface area (Å²) < 4.78 is 0. The molecule has 1 atom stereocenters. The Morgan fingerprint density at radius 1 is 0.706 bits per heavy atom. The summed E-state index contributed by atoms with van der Waals surface area (Å²) in [7, 11) is 2.44. The summed E-state index contributed by atoms with van der Waals surface area (Å²) in [6.07, 6.45) is 0. The number of hydrogen-bond donors (Lipinski definition) is 0. The fourth-order valence-electron chi connectivity index (χ4n) is 1.81. The summed E-state index contributed by atoms with van der Waals surface area (Å²) in [6, 6.07) is 0. The van der Waals surface area contributed by atoms with Crippen molar-refractivity contribution in [1.29, 1.82) is 0 Å². The normalized spacial score (nSPS) is 15.1. The largest absolute Gasteiger partial charge is 0.127 e. The highest BCUT2D eigenvalue weighted by atomic mass is 31.1. The van der Waals surface area contributed by atoms with Crippen molar-refractivity contribution >= 4 is 16.4 Å². The Bertz CT molecular complexity index is 361. The molecule has 2 heteroatoms. The summed E-state index contributed by atoms with van der Waals surface area (Å²) in [5, 5.41) is 5.09. The van der Waals surface area contributed by atoms with Crippen LogP contribution in [0.2, 0.25) is 0 Å². The summed E-state index contributed by atoms with van der Waals surface area (Å²) in [6.45, 7) is 21.2. The molecule has 0 aliphatic carbocycles. The highest BCUT2D eigenvalue weighted by molar-refractivity contribution is 7.50. The van der Waals surface area contributed by atoms with Crippen molar-refractivity contribution in [3.63, 3.8) is 0 Å². The first kappa shape index (κ1) is 15.3. The van der Waals surface area contributed by atoms with Crippen LogP contribution < -0.4 is 0 Å². The molecule has 98 valence electrons. The zero-order valence-corrected chi connectivity index (χ0v) is 14.8. The highest BCUT2D eigenvalue weighted by Crippen LogP contribution is 2.52. The van der Waals surface area contributed by atoms with Gasteiger partial charge in [0.2, 0.25) is 0 Å². The highest BCUT2D eigenvalue weighted by Gasteiger charge is 2.30.